The first-order chi connectivity index (χ1) is 12.2. The highest BCUT2D eigenvalue weighted by Crippen LogP contribution is 2.31. The van der Waals surface area contributed by atoms with Gasteiger partial charge in [-0.15, -0.1) is 0 Å². The first kappa shape index (κ1) is 18.6. The average molecular weight is 379 g/mol. The normalized spacial score (nSPS) is 20.0. The van der Waals surface area contributed by atoms with E-state index in [-0.39, 0.29) is 36.7 Å². The summed E-state index contributed by atoms with van der Waals surface area (Å²) in [6.07, 6.45) is 0.174. The van der Waals surface area contributed by atoms with E-state index in [1.54, 1.807) is 24.7 Å². The summed E-state index contributed by atoms with van der Waals surface area (Å²) >= 11 is 0. The Morgan fingerprint density at radius 1 is 1.23 bits per heavy atom. The van der Waals surface area contributed by atoms with E-state index in [2.05, 4.69) is 5.10 Å². The molecule has 0 spiro atoms. The fourth-order valence-corrected chi connectivity index (χ4v) is 5.28. The molecule has 8 heteroatoms. The molecule has 1 aliphatic heterocycles. The van der Waals surface area contributed by atoms with Gasteiger partial charge in [0.05, 0.1) is 22.3 Å². The van der Waals surface area contributed by atoms with Gasteiger partial charge in [-0.05, 0) is 26.3 Å². The predicted octanol–water partition coefficient (Wildman–Crippen LogP) is 2.18. The van der Waals surface area contributed by atoms with E-state index in [1.165, 1.54) is 23.1 Å². The molecule has 1 aromatic carbocycles. The molecule has 1 fully saturated rings. The lowest BCUT2D eigenvalue weighted by Gasteiger charge is -2.20. The second kappa shape index (κ2) is 6.83. The van der Waals surface area contributed by atoms with Gasteiger partial charge < -0.3 is 4.90 Å². The molecule has 1 aliphatic rings. The van der Waals surface area contributed by atoms with Crippen LogP contribution in [0, 0.1) is 19.7 Å². The molecule has 1 amide bonds. The maximum atomic E-state index is 14.1. The smallest absolute Gasteiger partial charge is 0.257 e. The Morgan fingerprint density at radius 2 is 1.92 bits per heavy atom. The molecule has 2 aromatic rings. The van der Waals surface area contributed by atoms with Crippen LogP contribution in [0.1, 0.15) is 39.0 Å². The number of benzene rings is 1. The van der Waals surface area contributed by atoms with Crippen molar-refractivity contribution < 1.29 is 17.6 Å². The minimum Gasteiger partial charge on any atom is -0.337 e. The van der Waals surface area contributed by atoms with Crippen molar-refractivity contribution in [1.82, 2.24) is 14.7 Å². The molecule has 1 saturated heterocycles. The summed E-state index contributed by atoms with van der Waals surface area (Å²) in [7, 11) is -1.79. The van der Waals surface area contributed by atoms with Crippen LogP contribution in [0.3, 0.4) is 0 Å². The zero-order valence-electron chi connectivity index (χ0n) is 15.1. The lowest BCUT2D eigenvalue weighted by atomic mass is 10.1. The van der Waals surface area contributed by atoms with Crippen molar-refractivity contribution in [2.75, 3.05) is 18.8 Å². The fourth-order valence-electron chi connectivity index (χ4n) is 3.47. The largest absolute Gasteiger partial charge is 0.337 e. The average Bonchev–Trinajstić information content (AvgIpc) is 2.73. The Kier molecular flexibility index (Phi) is 4.88. The van der Waals surface area contributed by atoms with Crippen molar-refractivity contribution in [2.45, 2.75) is 25.5 Å². The van der Waals surface area contributed by atoms with E-state index >= 15 is 0 Å². The van der Waals surface area contributed by atoms with Crippen molar-refractivity contribution in [1.29, 1.82) is 0 Å². The van der Waals surface area contributed by atoms with Crippen LogP contribution in [0.5, 0.6) is 0 Å². The van der Waals surface area contributed by atoms with Gasteiger partial charge in [0.1, 0.15) is 5.82 Å². The third-order valence-electron chi connectivity index (χ3n) is 5.00. The van der Waals surface area contributed by atoms with Crippen molar-refractivity contribution >= 4 is 15.7 Å². The highest BCUT2D eigenvalue weighted by molar-refractivity contribution is 7.91. The van der Waals surface area contributed by atoms with E-state index in [0.29, 0.717) is 11.3 Å². The Bertz CT molecular complexity index is 953. The van der Waals surface area contributed by atoms with Gasteiger partial charge in [-0.3, -0.25) is 9.48 Å². The van der Waals surface area contributed by atoms with Gasteiger partial charge >= 0.3 is 0 Å². The van der Waals surface area contributed by atoms with Crippen molar-refractivity contribution in [3.8, 4) is 0 Å². The molecule has 26 heavy (non-hydrogen) atoms. The number of aromatic nitrogens is 2. The summed E-state index contributed by atoms with van der Waals surface area (Å²) in [5.41, 5.74) is 2.04. The fraction of sp³-hybridized carbons (Fsp3) is 0.444. The molecular formula is C18H22FN3O3S. The number of sulfone groups is 1. The quantitative estimate of drug-likeness (QED) is 0.802. The van der Waals surface area contributed by atoms with Gasteiger partial charge in [0.2, 0.25) is 0 Å². The van der Waals surface area contributed by atoms with Gasteiger partial charge in [0, 0.05) is 31.4 Å². The van der Waals surface area contributed by atoms with Gasteiger partial charge in [0.25, 0.3) is 5.91 Å². The van der Waals surface area contributed by atoms with E-state index in [0.717, 1.165) is 5.69 Å². The molecule has 140 valence electrons. The number of hydrogen-bond acceptors (Lipinski definition) is 4. The van der Waals surface area contributed by atoms with E-state index < -0.39 is 20.9 Å². The van der Waals surface area contributed by atoms with Crippen LogP contribution in [0.2, 0.25) is 0 Å². The maximum Gasteiger partial charge on any atom is 0.257 e. The van der Waals surface area contributed by atoms with Gasteiger partial charge in [-0.25, -0.2) is 12.8 Å². The summed E-state index contributed by atoms with van der Waals surface area (Å²) in [4.78, 5) is 14.5. The summed E-state index contributed by atoms with van der Waals surface area (Å²) in [6.45, 7) is 3.92. The molecule has 1 atom stereocenters. The molecule has 3 rings (SSSR count). The van der Waals surface area contributed by atoms with Crippen LogP contribution >= 0.6 is 0 Å². The van der Waals surface area contributed by atoms with Crippen LogP contribution in [0.4, 0.5) is 4.39 Å². The van der Waals surface area contributed by atoms with Crippen molar-refractivity contribution in [3.05, 3.63) is 52.6 Å². The zero-order chi connectivity index (χ0) is 19.1. The van der Waals surface area contributed by atoms with Gasteiger partial charge in [-0.1, -0.05) is 18.2 Å². The van der Waals surface area contributed by atoms with E-state index in [9.17, 15) is 17.6 Å². The van der Waals surface area contributed by atoms with Crippen LogP contribution in [-0.4, -0.2) is 47.8 Å². The molecule has 0 N–H and O–H groups in total. The minimum absolute atomic E-state index is 0.0971. The standard InChI is InChI=1S/C18H22FN3O3S/c1-12-17(13(2)21(3)20-12)18(23)22-9-8-16(26(24,25)11-10-22)14-6-4-5-7-15(14)19/h4-7,16H,8-11H2,1-3H3. The first-order valence-corrected chi connectivity index (χ1v) is 10.2. The number of hydrogen-bond donors (Lipinski definition) is 0. The SMILES string of the molecule is Cc1nn(C)c(C)c1C(=O)N1CCC(c2ccccc2F)S(=O)(=O)CC1. The molecule has 0 radical (unpaired) electrons. The summed E-state index contributed by atoms with van der Waals surface area (Å²) in [5, 5.41) is 3.32. The first-order valence-electron chi connectivity index (χ1n) is 8.48. The molecule has 2 heterocycles. The second-order valence-corrected chi connectivity index (χ2v) is 8.93. The van der Waals surface area contributed by atoms with Crippen LogP contribution in [0.25, 0.3) is 0 Å². The highest BCUT2D eigenvalue weighted by Gasteiger charge is 2.35. The van der Waals surface area contributed by atoms with Crippen LogP contribution in [-0.2, 0) is 16.9 Å². The Balaban J connectivity index is 1.89. The highest BCUT2D eigenvalue weighted by atomic mass is 32.2. The van der Waals surface area contributed by atoms with Crippen LogP contribution in [0.15, 0.2) is 24.3 Å². The Labute approximate surface area is 152 Å². The number of aryl methyl sites for hydroxylation is 2. The number of carbonyl (C=O) groups excluding carboxylic acids is 1. The Morgan fingerprint density at radius 3 is 2.54 bits per heavy atom. The zero-order valence-corrected chi connectivity index (χ0v) is 15.9. The molecule has 6 nitrogen and oxygen atoms in total. The van der Waals surface area contributed by atoms with Crippen LogP contribution < -0.4 is 0 Å². The monoisotopic (exact) mass is 379 g/mol. The summed E-state index contributed by atoms with van der Waals surface area (Å²) in [6, 6.07) is 5.93. The molecule has 0 aliphatic carbocycles. The minimum atomic E-state index is -3.55. The van der Waals surface area contributed by atoms with Gasteiger partial charge in [-0.2, -0.15) is 5.10 Å². The topological polar surface area (TPSA) is 72.3 Å². The predicted molar refractivity (Wildman–Crippen MR) is 96.1 cm³/mol. The maximum absolute atomic E-state index is 14.1. The third-order valence-corrected chi connectivity index (χ3v) is 7.11. The Hall–Kier alpha value is -2.22. The number of halogens is 1. The van der Waals surface area contributed by atoms with Gasteiger partial charge in [0.15, 0.2) is 9.84 Å². The lowest BCUT2D eigenvalue weighted by Crippen LogP contribution is -2.34. The number of nitrogens with zero attached hydrogens (tertiary/aromatic N) is 3. The van der Waals surface area contributed by atoms with E-state index in [1.807, 2.05) is 6.92 Å². The number of carbonyl (C=O) groups is 1. The molecule has 1 unspecified atom stereocenters. The molecule has 0 saturated carbocycles. The third kappa shape index (κ3) is 3.25. The molecular weight excluding hydrogens is 357 g/mol. The number of rotatable bonds is 2. The summed E-state index contributed by atoms with van der Waals surface area (Å²) in [5.74, 6) is -0.937. The van der Waals surface area contributed by atoms with Crippen molar-refractivity contribution in [3.63, 3.8) is 0 Å². The lowest BCUT2D eigenvalue weighted by molar-refractivity contribution is 0.0765. The summed E-state index contributed by atoms with van der Waals surface area (Å²) < 4.78 is 41.1. The second-order valence-electron chi connectivity index (χ2n) is 6.63. The van der Waals surface area contributed by atoms with Crippen molar-refractivity contribution in [2.24, 2.45) is 7.05 Å². The molecule has 0 bridgehead atoms. The molecule has 1 aromatic heterocycles. The number of amides is 1. The van der Waals surface area contributed by atoms with E-state index in [4.69, 9.17) is 0 Å².